The lowest BCUT2D eigenvalue weighted by atomic mass is 9.85. The molecule has 0 spiro atoms. The number of likely N-dealkylation sites (tertiary alicyclic amines) is 1. The van der Waals surface area contributed by atoms with Crippen LogP contribution in [-0.2, 0) is 19.7 Å². The van der Waals surface area contributed by atoms with Crippen LogP contribution < -0.4 is 0 Å². The Hall–Kier alpha value is -2.92. The van der Waals surface area contributed by atoms with Crippen LogP contribution in [0.5, 0.6) is 0 Å². The number of ether oxygens (including phenoxy) is 1. The minimum absolute atomic E-state index is 0.0111. The van der Waals surface area contributed by atoms with Crippen LogP contribution in [-0.4, -0.2) is 42.0 Å². The van der Waals surface area contributed by atoms with Gasteiger partial charge in [-0.3, -0.25) is 9.59 Å². The molecule has 0 unspecified atom stereocenters. The fourth-order valence-corrected chi connectivity index (χ4v) is 3.75. The van der Waals surface area contributed by atoms with E-state index in [0.717, 1.165) is 11.1 Å². The molecule has 2 aromatic carbocycles. The van der Waals surface area contributed by atoms with Gasteiger partial charge in [0.2, 0.25) is 0 Å². The van der Waals surface area contributed by atoms with E-state index in [9.17, 15) is 14.7 Å². The van der Waals surface area contributed by atoms with Crippen LogP contribution in [0.4, 0.5) is 0 Å². The van der Waals surface area contributed by atoms with Gasteiger partial charge in [0.05, 0.1) is 11.6 Å². The van der Waals surface area contributed by atoms with Crippen molar-refractivity contribution >= 4 is 17.4 Å². The first-order valence-corrected chi connectivity index (χ1v) is 10.2. The number of rotatable bonds is 6. The number of methoxy groups -OCH3 is 1. The second-order valence-electron chi connectivity index (χ2n) is 8.58. The summed E-state index contributed by atoms with van der Waals surface area (Å²) in [6, 6.07) is 16.2. The lowest BCUT2D eigenvalue weighted by Crippen LogP contribution is -2.31. The molecule has 1 aliphatic rings. The predicted molar refractivity (Wildman–Crippen MR) is 117 cm³/mol. The Labute approximate surface area is 178 Å². The summed E-state index contributed by atoms with van der Waals surface area (Å²) in [6.07, 6.45) is 0.603. The van der Waals surface area contributed by atoms with Crippen LogP contribution in [0.25, 0.3) is 5.76 Å². The molecule has 0 saturated carbocycles. The van der Waals surface area contributed by atoms with Gasteiger partial charge in [-0.25, -0.2) is 0 Å². The second-order valence-corrected chi connectivity index (χ2v) is 8.58. The monoisotopic (exact) mass is 407 g/mol. The molecule has 1 aliphatic heterocycles. The van der Waals surface area contributed by atoms with E-state index in [1.807, 2.05) is 30.3 Å². The molecule has 1 amide bonds. The topological polar surface area (TPSA) is 66.8 Å². The average molecular weight is 408 g/mol. The number of carbonyl (C=O) groups excluding carboxylic acids is 2. The van der Waals surface area contributed by atoms with E-state index in [-0.39, 0.29) is 16.7 Å². The van der Waals surface area contributed by atoms with Gasteiger partial charge in [0.25, 0.3) is 11.7 Å². The van der Waals surface area contributed by atoms with E-state index in [4.69, 9.17) is 4.74 Å². The lowest BCUT2D eigenvalue weighted by Gasteiger charge is -2.26. The van der Waals surface area contributed by atoms with Gasteiger partial charge in [-0.2, -0.15) is 0 Å². The van der Waals surface area contributed by atoms with Gasteiger partial charge >= 0.3 is 0 Å². The first-order valence-electron chi connectivity index (χ1n) is 10.2. The van der Waals surface area contributed by atoms with Crippen molar-refractivity contribution in [2.75, 3.05) is 20.3 Å². The molecule has 2 aromatic rings. The third kappa shape index (κ3) is 4.31. The molecule has 1 saturated heterocycles. The Morgan fingerprint density at radius 2 is 1.67 bits per heavy atom. The number of nitrogens with zero attached hydrogens (tertiary/aromatic N) is 1. The van der Waals surface area contributed by atoms with Crippen molar-refractivity contribution in [1.29, 1.82) is 0 Å². The first kappa shape index (κ1) is 21.8. The molecule has 30 heavy (non-hydrogen) atoms. The number of carbonyl (C=O) groups is 2. The third-order valence-electron chi connectivity index (χ3n) is 5.43. The second kappa shape index (κ2) is 8.84. The highest BCUT2D eigenvalue weighted by atomic mass is 16.5. The molecule has 0 bridgehead atoms. The summed E-state index contributed by atoms with van der Waals surface area (Å²) in [7, 11) is 1.60. The van der Waals surface area contributed by atoms with Crippen molar-refractivity contribution in [3.63, 3.8) is 0 Å². The SMILES string of the molecule is COCCCN1C(=O)C(=O)/C(=C(/O)c2ccccc2)[C@@H]1c1ccc(C(C)(C)C)cc1. The zero-order chi connectivity index (χ0) is 21.9. The molecule has 3 rings (SSSR count). The standard InChI is InChI=1S/C25H29NO4/c1-25(2,3)19-13-11-17(12-14-19)21-20(22(27)18-9-6-5-7-10-18)23(28)24(29)26(21)15-8-16-30-4/h5-7,9-14,21,27H,8,15-16H2,1-4H3/b22-20+/t21-/m0/s1. The largest absolute Gasteiger partial charge is 0.507 e. The lowest BCUT2D eigenvalue weighted by molar-refractivity contribution is -0.140. The molecular formula is C25H29NO4. The van der Waals surface area contributed by atoms with E-state index < -0.39 is 17.7 Å². The van der Waals surface area contributed by atoms with Crippen molar-refractivity contribution in [2.24, 2.45) is 0 Å². The summed E-state index contributed by atoms with van der Waals surface area (Å²) in [5.41, 5.74) is 2.60. The van der Waals surface area contributed by atoms with Crippen molar-refractivity contribution < 1.29 is 19.4 Å². The van der Waals surface area contributed by atoms with Gasteiger partial charge in [-0.15, -0.1) is 0 Å². The van der Waals surface area contributed by atoms with Crippen LogP contribution in [0.15, 0.2) is 60.2 Å². The van der Waals surface area contributed by atoms with Crippen molar-refractivity contribution in [3.8, 4) is 0 Å². The van der Waals surface area contributed by atoms with Crippen LogP contribution in [0.3, 0.4) is 0 Å². The van der Waals surface area contributed by atoms with Gasteiger partial charge in [-0.1, -0.05) is 75.4 Å². The van der Waals surface area contributed by atoms with E-state index >= 15 is 0 Å². The fraction of sp³-hybridized carbons (Fsp3) is 0.360. The number of aliphatic hydroxyl groups is 1. The Balaban J connectivity index is 2.10. The van der Waals surface area contributed by atoms with Gasteiger partial charge in [0, 0.05) is 25.8 Å². The maximum atomic E-state index is 12.9. The minimum atomic E-state index is -0.654. The molecule has 5 heteroatoms. The predicted octanol–water partition coefficient (Wildman–Crippen LogP) is 4.44. The highest BCUT2D eigenvalue weighted by Gasteiger charge is 2.45. The first-order chi connectivity index (χ1) is 14.3. The molecule has 158 valence electrons. The molecule has 1 fully saturated rings. The average Bonchev–Trinajstić information content (AvgIpc) is 2.98. The zero-order valence-corrected chi connectivity index (χ0v) is 18.0. The maximum Gasteiger partial charge on any atom is 0.295 e. The number of aliphatic hydroxyl groups excluding tert-OH is 1. The van der Waals surface area contributed by atoms with Gasteiger partial charge in [-0.05, 0) is 23.0 Å². The molecule has 1 atom stereocenters. The van der Waals surface area contributed by atoms with Crippen LogP contribution >= 0.6 is 0 Å². The normalized spacial score (nSPS) is 18.8. The number of amides is 1. The highest BCUT2D eigenvalue weighted by Crippen LogP contribution is 2.40. The third-order valence-corrected chi connectivity index (χ3v) is 5.43. The Kier molecular flexibility index (Phi) is 6.42. The minimum Gasteiger partial charge on any atom is -0.507 e. The van der Waals surface area contributed by atoms with Gasteiger partial charge < -0.3 is 14.7 Å². The summed E-state index contributed by atoms with van der Waals surface area (Å²) >= 11 is 0. The number of benzene rings is 2. The van der Waals surface area contributed by atoms with Crippen LogP contribution in [0.1, 0.15) is 49.9 Å². The van der Waals surface area contributed by atoms with Crippen molar-refractivity contribution in [3.05, 3.63) is 76.9 Å². The van der Waals surface area contributed by atoms with E-state index in [2.05, 4.69) is 20.8 Å². The number of Topliss-reactive ketones (excluding diaryl/α,β-unsaturated/α-hetero) is 1. The number of ketones is 1. The summed E-state index contributed by atoms with van der Waals surface area (Å²) in [5, 5.41) is 11.0. The van der Waals surface area contributed by atoms with Gasteiger partial charge in [0.15, 0.2) is 0 Å². The van der Waals surface area contributed by atoms with Crippen LogP contribution in [0.2, 0.25) is 0 Å². The summed E-state index contributed by atoms with van der Waals surface area (Å²) in [4.78, 5) is 27.3. The highest BCUT2D eigenvalue weighted by molar-refractivity contribution is 6.46. The van der Waals surface area contributed by atoms with Crippen molar-refractivity contribution in [2.45, 2.75) is 38.6 Å². The fourth-order valence-electron chi connectivity index (χ4n) is 3.75. The van der Waals surface area contributed by atoms with Crippen molar-refractivity contribution in [1.82, 2.24) is 4.90 Å². The molecule has 0 aromatic heterocycles. The Morgan fingerprint density at radius 1 is 1.03 bits per heavy atom. The molecule has 1 heterocycles. The van der Waals surface area contributed by atoms with Gasteiger partial charge in [0.1, 0.15) is 5.76 Å². The molecule has 0 aliphatic carbocycles. The quantitative estimate of drug-likeness (QED) is 0.333. The Bertz CT molecular complexity index is 939. The van der Waals surface area contributed by atoms with E-state index in [1.54, 1.807) is 36.3 Å². The molecular weight excluding hydrogens is 378 g/mol. The Morgan fingerprint density at radius 3 is 2.23 bits per heavy atom. The van der Waals surface area contributed by atoms with E-state index in [1.165, 1.54) is 0 Å². The summed E-state index contributed by atoms with van der Waals surface area (Å²) in [5.74, 6) is -1.39. The zero-order valence-electron chi connectivity index (χ0n) is 18.0. The molecule has 5 nitrogen and oxygen atoms in total. The smallest absolute Gasteiger partial charge is 0.295 e. The number of hydrogen-bond donors (Lipinski definition) is 1. The molecule has 1 N–H and O–H groups in total. The number of hydrogen-bond acceptors (Lipinski definition) is 4. The van der Waals surface area contributed by atoms with Crippen LogP contribution in [0, 0.1) is 0 Å². The van der Waals surface area contributed by atoms with E-state index in [0.29, 0.717) is 25.1 Å². The molecule has 0 radical (unpaired) electrons. The summed E-state index contributed by atoms with van der Waals surface area (Å²) in [6.45, 7) is 7.25. The maximum absolute atomic E-state index is 12.9. The summed E-state index contributed by atoms with van der Waals surface area (Å²) < 4.78 is 5.12.